The zero-order valence-electron chi connectivity index (χ0n) is 11.4. The van der Waals surface area contributed by atoms with Crippen LogP contribution in [0.15, 0.2) is 6.33 Å². The van der Waals surface area contributed by atoms with Crippen molar-refractivity contribution in [2.45, 2.75) is 25.7 Å². The van der Waals surface area contributed by atoms with Gasteiger partial charge in [-0.05, 0) is 35.1 Å². The van der Waals surface area contributed by atoms with Crippen molar-refractivity contribution in [3.8, 4) is 0 Å². The molecule has 0 amide bonds. The van der Waals surface area contributed by atoms with Crippen LogP contribution in [0.4, 0.5) is 11.6 Å². The van der Waals surface area contributed by atoms with Gasteiger partial charge in [0.1, 0.15) is 0 Å². The Morgan fingerprint density at radius 2 is 2.40 bits per heavy atom. The second kappa shape index (κ2) is 5.89. The number of hydrogen-bond donors (Lipinski definition) is 1. The lowest BCUT2D eigenvalue weighted by Crippen LogP contribution is -2.37. The van der Waals surface area contributed by atoms with Gasteiger partial charge in [0.2, 0.25) is 12.1 Å². The van der Waals surface area contributed by atoms with Crippen molar-refractivity contribution < 1.29 is 14.8 Å². The number of imidazole rings is 1. The fraction of sp³-hybridized carbons (Fsp3) is 0.667. The van der Waals surface area contributed by atoms with Gasteiger partial charge in [0.25, 0.3) is 0 Å². The summed E-state index contributed by atoms with van der Waals surface area (Å²) in [4.78, 5) is 26.9. The number of aliphatic carboxylic acids is 1. The molecule has 1 unspecified atom stereocenters. The van der Waals surface area contributed by atoms with Crippen LogP contribution >= 0.6 is 0 Å². The number of rotatable bonds is 5. The van der Waals surface area contributed by atoms with Crippen molar-refractivity contribution in [3.63, 3.8) is 0 Å². The summed E-state index contributed by atoms with van der Waals surface area (Å²) in [5.41, 5.74) is 0. The Balaban J connectivity index is 2.10. The van der Waals surface area contributed by atoms with Gasteiger partial charge in [-0.2, -0.15) is 0 Å². The molecule has 1 aromatic heterocycles. The number of nitrogens with zero attached hydrogens (tertiary/aromatic N) is 4. The van der Waals surface area contributed by atoms with E-state index in [2.05, 4.69) is 4.98 Å². The highest BCUT2D eigenvalue weighted by atomic mass is 16.6. The van der Waals surface area contributed by atoms with E-state index in [4.69, 9.17) is 5.11 Å². The Morgan fingerprint density at radius 1 is 1.65 bits per heavy atom. The quantitative estimate of drug-likeness (QED) is 0.647. The summed E-state index contributed by atoms with van der Waals surface area (Å²) in [6, 6.07) is 0. The van der Waals surface area contributed by atoms with Gasteiger partial charge >= 0.3 is 11.8 Å². The Bertz CT molecular complexity index is 514. The molecule has 0 aromatic carbocycles. The lowest BCUT2D eigenvalue weighted by Gasteiger charge is -2.33. The fourth-order valence-electron chi connectivity index (χ4n) is 2.73. The molecule has 1 aromatic rings. The molecule has 8 nitrogen and oxygen atoms in total. The number of carboxylic acid groups (broad SMARTS) is 1. The van der Waals surface area contributed by atoms with Crippen molar-refractivity contribution in [3.05, 3.63) is 16.4 Å². The van der Waals surface area contributed by atoms with Crippen LogP contribution in [-0.2, 0) is 11.8 Å². The smallest absolute Gasteiger partial charge is 0.406 e. The number of hydrogen-bond acceptors (Lipinski definition) is 5. The van der Waals surface area contributed by atoms with Crippen molar-refractivity contribution in [1.82, 2.24) is 9.55 Å². The summed E-state index contributed by atoms with van der Waals surface area (Å²) in [6.07, 6.45) is 4.07. The Kier molecular flexibility index (Phi) is 4.21. The van der Waals surface area contributed by atoms with Gasteiger partial charge in [-0.1, -0.05) is 0 Å². The molecular weight excluding hydrogens is 264 g/mol. The van der Waals surface area contributed by atoms with Crippen molar-refractivity contribution >= 4 is 17.6 Å². The number of nitro groups is 1. The monoisotopic (exact) mass is 282 g/mol. The molecule has 2 heterocycles. The molecule has 0 bridgehead atoms. The van der Waals surface area contributed by atoms with Crippen molar-refractivity contribution in [2.75, 3.05) is 18.0 Å². The fourth-order valence-corrected chi connectivity index (χ4v) is 2.73. The number of carbonyl (C=O) groups is 1. The number of carboxylic acids is 1. The Labute approximate surface area is 116 Å². The second-order valence-corrected chi connectivity index (χ2v) is 5.15. The summed E-state index contributed by atoms with van der Waals surface area (Å²) < 4.78 is 1.65. The van der Waals surface area contributed by atoms with Gasteiger partial charge in [-0.25, -0.2) is 0 Å². The lowest BCUT2D eigenvalue weighted by atomic mass is 9.93. The molecule has 8 heteroatoms. The first-order chi connectivity index (χ1) is 9.49. The first kappa shape index (κ1) is 14.3. The molecule has 2 rings (SSSR count). The molecule has 110 valence electrons. The molecular formula is C12H18N4O4. The third kappa shape index (κ3) is 3.06. The van der Waals surface area contributed by atoms with E-state index in [1.54, 1.807) is 11.6 Å². The summed E-state index contributed by atoms with van der Waals surface area (Å²) in [5.74, 6) is -0.163. The maximum atomic E-state index is 11.0. The molecule has 0 aliphatic carbocycles. The van der Waals surface area contributed by atoms with E-state index in [1.807, 2.05) is 4.90 Å². The van der Waals surface area contributed by atoms with Crippen LogP contribution in [0.5, 0.6) is 0 Å². The van der Waals surface area contributed by atoms with E-state index >= 15 is 0 Å². The van der Waals surface area contributed by atoms with Gasteiger partial charge in [-0.15, -0.1) is 0 Å². The highest BCUT2D eigenvalue weighted by Gasteiger charge is 2.29. The van der Waals surface area contributed by atoms with Crippen LogP contribution in [0.3, 0.4) is 0 Å². The van der Waals surface area contributed by atoms with Gasteiger partial charge in [0.05, 0.1) is 0 Å². The predicted octanol–water partition coefficient (Wildman–Crippen LogP) is 1.41. The normalized spacial score (nSPS) is 19.1. The largest absolute Gasteiger partial charge is 0.481 e. The molecule has 1 saturated heterocycles. The van der Waals surface area contributed by atoms with E-state index in [1.165, 1.54) is 6.33 Å². The number of aryl methyl sites for hydroxylation is 1. The van der Waals surface area contributed by atoms with Crippen LogP contribution in [0.1, 0.15) is 25.7 Å². The third-order valence-electron chi connectivity index (χ3n) is 3.65. The highest BCUT2D eigenvalue weighted by molar-refractivity contribution is 5.66. The summed E-state index contributed by atoms with van der Waals surface area (Å²) in [5, 5.41) is 19.7. The van der Waals surface area contributed by atoms with Crippen LogP contribution in [0.25, 0.3) is 0 Å². The topological polar surface area (TPSA) is 101 Å². The molecule has 1 fully saturated rings. The van der Waals surface area contributed by atoms with Crippen LogP contribution in [-0.4, -0.2) is 38.6 Å². The Hall–Kier alpha value is -2.12. The highest BCUT2D eigenvalue weighted by Crippen LogP contribution is 2.31. The second-order valence-electron chi connectivity index (χ2n) is 5.15. The lowest BCUT2D eigenvalue weighted by molar-refractivity contribution is -0.388. The predicted molar refractivity (Wildman–Crippen MR) is 71.7 cm³/mol. The van der Waals surface area contributed by atoms with Gasteiger partial charge < -0.3 is 20.1 Å². The molecule has 1 atom stereocenters. The summed E-state index contributed by atoms with van der Waals surface area (Å²) >= 11 is 0. The summed E-state index contributed by atoms with van der Waals surface area (Å²) in [7, 11) is 1.73. The van der Waals surface area contributed by atoms with E-state index < -0.39 is 10.9 Å². The van der Waals surface area contributed by atoms with Crippen LogP contribution < -0.4 is 4.90 Å². The first-order valence-electron chi connectivity index (χ1n) is 6.61. The maximum absolute atomic E-state index is 11.0. The van der Waals surface area contributed by atoms with Gasteiger partial charge in [0, 0.05) is 26.6 Å². The molecule has 20 heavy (non-hydrogen) atoms. The minimum Gasteiger partial charge on any atom is -0.481 e. The van der Waals surface area contributed by atoms with Crippen molar-refractivity contribution in [2.24, 2.45) is 13.0 Å². The van der Waals surface area contributed by atoms with E-state index in [-0.39, 0.29) is 18.2 Å². The molecule has 1 aliphatic heterocycles. The first-order valence-corrected chi connectivity index (χ1v) is 6.61. The molecule has 1 N–H and O–H groups in total. The molecule has 0 spiro atoms. The number of anilines is 1. The zero-order chi connectivity index (χ0) is 14.7. The number of piperidine rings is 1. The molecule has 1 aliphatic rings. The van der Waals surface area contributed by atoms with Gasteiger partial charge in [0.15, 0.2) is 0 Å². The standard InChI is InChI=1S/C12H18N4O4/c1-14-8-13-11(16(19)20)12(14)15-6-2-3-9(7-15)4-5-10(17)18/h8-9H,2-7H2,1H3,(H,17,18). The van der Waals surface area contributed by atoms with E-state index in [0.29, 0.717) is 18.8 Å². The Morgan fingerprint density at radius 3 is 3.05 bits per heavy atom. The van der Waals surface area contributed by atoms with Gasteiger partial charge in [-0.3, -0.25) is 9.36 Å². The van der Waals surface area contributed by atoms with Crippen LogP contribution in [0, 0.1) is 16.0 Å². The van der Waals surface area contributed by atoms with E-state index in [0.717, 1.165) is 19.4 Å². The zero-order valence-corrected chi connectivity index (χ0v) is 11.4. The molecule has 0 saturated carbocycles. The van der Waals surface area contributed by atoms with E-state index in [9.17, 15) is 14.9 Å². The SMILES string of the molecule is Cn1cnc([N+](=O)[O-])c1N1CCCC(CCC(=O)O)C1. The van der Waals surface area contributed by atoms with Crippen molar-refractivity contribution in [1.29, 1.82) is 0 Å². The summed E-state index contributed by atoms with van der Waals surface area (Å²) in [6.45, 7) is 1.39. The maximum Gasteiger partial charge on any atom is 0.406 e. The average molecular weight is 282 g/mol. The van der Waals surface area contributed by atoms with Crippen LogP contribution in [0.2, 0.25) is 0 Å². The molecule has 0 radical (unpaired) electrons. The number of aromatic nitrogens is 2. The third-order valence-corrected chi connectivity index (χ3v) is 3.65. The minimum atomic E-state index is -0.798. The average Bonchev–Trinajstić information content (AvgIpc) is 2.79. The minimum absolute atomic E-state index is 0.133.